The molecule has 0 saturated carbocycles. The first kappa shape index (κ1) is 9.38. The maximum Gasteiger partial charge on any atom is 0.252 e. The Hall–Kier alpha value is -1.71. The first-order valence-corrected chi connectivity index (χ1v) is 4.09. The molecule has 0 spiro atoms. The van der Waals surface area contributed by atoms with E-state index in [2.05, 4.69) is 5.32 Å². The highest BCUT2D eigenvalue weighted by molar-refractivity contribution is 6.03. The van der Waals surface area contributed by atoms with E-state index in [1.165, 1.54) is 0 Å². The number of hydrogen-bond acceptors (Lipinski definition) is 3. The summed E-state index contributed by atoms with van der Waals surface area (Å²) in [5, 5.41) is 3.02. The van der Waals surface area contributed by atoms with Crippen LogP contribution in [0, 0.1) is 0 Å². The van der Waals surface area contributed by atoms with Gasteiger partial charge in [-0.25, -0.2) is 0 Å². The Morgan fingerprint density at radius 3 is 2.77 bits per heavy atom. The number of hydrogen-bond donors (Lipinski definition) is 3. The molecular weight excluding hydrogens is 166 g/mol. The van der Waals surface area contributed by atoms with Gasteiger partial charge in [0.1, 0.15) is 0 Å². The third-order valence-electron chi connectivity index (χ3n) is 1.71. The molecule has 5 N–H and O–H groups in total. The molecule has 70 valence electrons. The molecule has 0 heterocycles. The molecule has 1 aromatic carbocycles. The van der Waals surface area contributed by atoms with Gasteiger partial charge in [-0.3, -0.25) is 4.79 Å². The van der Waals surface area contributed by atoms with E-state index in [9.17, 15) is 4.79 Å². The van der Waals surface area contributed by atoms with Crippen LogP contribution in [0.3, 0.4) is 0 Å². The van der Waals surface area contributed by atoms with Crippen molar-refractivity contribution in [1.82, 2.24) is 0 Å². The topological polar surface area (TPSA) is 81.1 Å². The Morgan fingerprint density at radius 1 is 1.54 bits per heavy atom. The van der Waals surface area contributed by atoms with Crippen LogP contribution in [0.4, 0.5) is 11.4 Å². The highest BCUT2D eigenvalue weighted by Gasteiger charge is 2.10. The van der Waals surface area contributed by atoms with Crippen LogP contribution in [0.2, 0.25) is 0 Å². The number of nitrogen functional groups attached to an aromatic ring is 1. The Kier molecular flexibility index (Phi) is 2.74. The van der Waals surface area contributed by atoms with Crippen molar-refractivity contribution < 1.29 is 4.79 Å². The number of primary amides is 1. The fourth-order valence-corrected chi connectivity index (χ4v) is 1.18. The number of carbonyl (C=O) groups is 1. The van der Waals surface area contributed by atoms with E-state index < -0.39 is 5.91 Å². The van der Waals surface area contributed by atoms with Gasteiger partial charge in [0.2, 0.25) is 0 Å². The average molecular weight is 179 g/mol. The predicted octanol–water partition coefficient (Wildman–Crippen LogP) is 0.800. The fraction of sp³-hybridized carbons (Fsp3) is 0.222. The SMILES string of the molecule is CCNc1cccc(N)c1C(N)=O. The second kappa shape index (κ2) is 3.80. The van der Waals surface area contributed by atoms with E-state index in [0.29, 0.717) is 16.9 Å². The maximum atomic E-state index is 11.0. The minimum Gasteiger partial charge on any atom is -0.398 e. The van der Waals surface area contributed by atoms with Gasteiger partial charge in [-0.2, -0.15) is 0 Å². The quantitative estimate of drug-likeness (QED) is 0.600. The monoisotopic (exact) mass is 179 g/mol. The van der Waals surface area contributed by atoms with Crippen LogP contribution >= 0.6 is 0 Å². The lowest BCUT2D eigenvalue weighted by molar-refractivity contribution is 0.100. The molecule has 13 heavy (non-hydrogen) atoms. The molecule has 1 aromatic rings. The van der Waals surface area contributed by atoms with E-state index in [1.54, 1.807) is 18.2 Å². The average Bonchev–Trinajstić information content (AvgIpc) is 2.04. The van der Waals surface area contributed by atoms with Gasteiger partial charge in [-0.15, -0.1) is 0 Å². The molecule has 4 heteroatoms. The Morgan fingerprint density at radius 2 is 2.23 bits per heavy atom. The Balaban J connectivity index is 3.17. The van der Waals surface area contributed by atoms with Crippen molar-refractivity contribution in [3.63, 3.8) is 0 Å². The van der Waals surface area contributed by atoms with Gasteiger partial charge in [-0.1, -0.05) is 6.07 Å². The van der Waals surface area contributed by atoms with Gasteiger partial charge in [0, 0.05) is 17.9 Å². The highest BCUT2D eigenvalue weighted by atomic mass is 16.1. The Bertz CT molecular complexity index is 323. The van der Waals surface area contributed by atoms with Crippen molar-refractivity contribution in [2.45, 2.75) is 6.92 Å². The van der Waals surface area contributed by atoms with Crippen molar-refractivity contribution in [3.05, 3.63) is 23.8 Å². The third kappa shape index (κ3) is 1.90. The predicted molar refractivity (Wildman–Crippen MR) is 53.5 cm³/mol. The van der Waals surface area contributed by atoms with Gasteiger partial charge in [0.05, 0.1) is 5.56 Å². The van der Waals surface area contributed by atoms with Crippen LogP contribution in [0.5, 0.6) is 0 Å². The molecule has 4 nitrogen and oxygen atoms in total. The van der Waals surface area contributed by atoms with Crippen LogP contribution in [0.25, 0.3) is 0 Å². The second-order valence-corrected chi connectivity index (χ2v) is 2.66. The van der Waals surface area contributed by atoms with Crippen molar-refractivity contribution in [2.24, 2.45) is 5.73 Å². The zero-order valence-corrected chi connectivity index (χ0v) is 7.50. The summed E-state index contributed by atoms with van der Waals surface area (Å²) in [6.07, 6.45) is 0. The van der Waals surface area contributed by atoms with Gasteiger partial charge in [0.25, 0.3) is 5.91 Å². The lowest BCUT2D eigenvalue weighted by Crippen LogP contribution is -2.16. The van der Waals surface area contributed by atoms with Crippen LogP contribution in [-0.2, 0) is 0 Å². The van der Waals surface area contributed by atoms with Gasteiger partial charge >= 0.3 is 0 Å². The van der Waals surface area contributed by atoms with Crippen molar-refractivity contribution in [3.8, 4) is 0 Å². The molecule has 0 radical (unpaired) electrons. The number of benzene rings is 1. The zero-order valence-electron chi connectivity index (χ0n) is 7.50. The number of nitrogens with two attached hydrogens (primary N) is 2. The van der Waals surface area contributed by atoms with E-state index in [1.807, 2.05) is 6.92 Å². The van der Waals surface area contributed by atoms with Gasteiger partial charge in [-0.05, 0) is 19.1 Å². The second-order valence-electron chi connectivity index (χ2n) is 2.66. The van der Waals surface area contributed by atoms with Crippen LogP contribution in [0.15, 0.2) is 18.2 Å². The molecular formula is C9H13N3O. The van der Waals surface area contributed by atoms with Crippen LogP contribution in [-0.4, -0.2) is 12.5 Å². The van der Waals surface area contributed by atoms with Crippen molar-refractivity contribution in [1.29, 1.82) is 0 Å². The minimum atomic E-state index is -0.506. The largest absolute Gasteiger partial charge is 0.398 e. The van der Waals surface area contributed by atoms with Gasteiger partial charge in [0.15, 0.2) is 0 Å². The lowest BCUT2D eigenvalue weighted by Gasteiger charge is -2.09. The van der Waals surface area contributed by atoms with E-state index in [0.717, 1.165) is 6.54 Å². The highest BCUT2D eigenvalue weighted by Crippen LogP contribution is 2.20. The first-order chi connectivity index (χ1) is 6.16. The number of anilines is 2. The number of carbonyl (C=O) groups excluding carboxylic acids is 1. The number of amides is 1. The number of rotatable bonds is 3. The maximum absolute atomic E-state index is 11.0. The standard InChI is InChI=1S/C9H13N3O/c1-2-12-7-5-3-4-6(10)8(7)9(11)13/h3-5,12H,2,10H2,1H3,(H2,11,13). The molecule has 0 atom stereocenters. The van der Waals surface area contributed by atoms with Crippen LogP contribution in [0.1, 0.15) is 17.3 Å². The summed E-state index contributed by atoms with van der Waals surface area (Å²) in [6.45, 7) is 2.66. The Labute approximate surface area is 76.9 Å². The summed E-state index contributed by atoms with van der Waals surface area (Å²) in [6, 6.07) is 5.21. The molecule has 1 rings (SSSR count). The molecule has 0 saturated heterocycles. The summed E-state index contributed by atoms with van der Waals surface area (Å²) in [7, 11) is 0. The molecule has 0 unspecified atom stereocenters. The number of nitrogens with one attached hydrogen (secondary N) is 1. The van der Waals surface area contributed by atoms with E-state index >= 15 is 0 Å². The van der Waals surface area contributed by atoms with Crippen LogP contribution < -0.4 is 16.8 Å². The summed E-state index contributed by atoms with van der Waals surface area (Å²) < 4.78 is 0. The summed E-state index contributed by atoms with van der Waals surface area (Å²) in [5.41, 5.74) is 12.3. The summed E-state index contributed by atoms with van der Waals surface area (Å²) >= 11 is 0. The third-order valence-corrected chi connectivity index (χ3v) is 1.71. The lowest BCUT2D eigenvalue weighted by atomic mass is 10.1. The molecule has 0 aromatic heterocycles. The molecule has 0 aliphatic carbocycles. The summed E-state index contributed by atoms with van der Waals surface area (Å²) in [5.74, 6) is -0.506. The van der Waals surface area contributed by atoms with Gasteiger partial charge < -0.3 is 16.8 Å². The summed E-state index contributed by atoms with van der Waals surface area (Å²) in [4.78, 5) is 11.0. The van der Waals surface area contributed by atoms with Crippen molar-refractivity contribution >= 4 is 17.3 Å². The molecule has 0 aliphatic heterocycles. The van der Waals surface area contributed by atoms with E-state index in [-0.39, 0.29) is 0 Å². The molecule has 0 bridgehead atoms. The minimum absolute atomic E-state index is 0.365. The zero-order chi connectivity index (χ0) is 9.84. The van der Waals surface area contributed by atoms with Crippen molar-refractivity contribution in [2.75, 3.05) is 17.6 Å². The molecule has 0 fully saturated rings. The normalized spacial score (nSPS) is 9.62. The first-order valence-electron chi connectivity index (χ1n) is 4.09. The fourth-order valence-electron chi connectivity index (χ4n) is 1.18. The molecule has 0 aliphatic rings. The smallest absolute Gasteiger partial charge is 0.252 e. The molecule has 1 amide bonds. The van der Waals surface area contributed by atoms with E-state index in [4.69, 9.17) is 11.5 Å².